The zero-order valence-electron chi connectivity index (χ0n) is 16.8. The number of hydrogen-bond donors (Lipinski definition) is 1. The summed E-state index contributed by atoms with van der Waals surface area (Å²) in [6.07, 6.45) is 2.88. The molecule has 29 heavy (non-hydrogen) atoms. The second-order valence-corrected chi connectivity index (χ2v) is 8.38. The summed E-state index contributed by atoms with van der Waals surface area (Å²) in [6.45, 7) is 5.14. The highest BCUT2D eigenvalue weighted by Gasteiger charge is 2.25. The predicted octanol–water partition coefficient (Wildman–Crippen LogP) is 5.78. The minimum atomic E-state index is 0.114. The molecular weight excluding hydrogens is 380 g/mol. The summed E-state index contributed by atoms with van der Waals surface area (Å²) in [5.74, 6) is 0.351. The van der Waals surface area contributed by atoms with Crippen molar-refractivity contribution in [2.75, 3.05) is 19.6 Å². The van der Waals surface area contributed by atoms with E-state index in [1.807, 2.05) is 24.3 Å². The molecule has 4 heteroatoms. The van der Waals surface area contributed by atoms with Gasteiger partial charge in [0.05, 0.1) is 0 Å². The number of Topliss-reactive ketones (excluding diaryl/α,β-unsaturated/α-hetero) is 1. The number of nitrogens with one attached hydrogen (secondary N) is 1. The maximum absolute atomic E-state index is 12.7. The van der Waals surface area contributed by atoms with Crippen LogP contribution in [-0.4, -0.2) is 35.3 Å². The average Bonchev–Trinajstić information content (AvgIpc) is 3.13. The lowest BCUT2D eigenvalue weighted by Gasteiger charge is -2.31. The molecule has 0 aliphatic carbocycles. The number of hydrogen-bond acceptors (Lipinski definition) is 2. The van der Waals surface area contributed by atoms with Crippen LogP contribution in [0.5, 0.6) is 0 Å². The van der Waals surface area contributed by atoms with Crippen LogP contribution < -0.4 is 0 Å². The average molecular weight is 407 g/mol. The van der Waals surface area contributed by atoms with Gasteiger partial charge in [-0.05, 0) is 68.6 Å². The van der Waals surface area contributed by atoms with Gasteiger partial charge in [0, 0.05) is 34.4 Å². The Balaban J connectivity index is 1.30. The van der Waals surface area contributed by atoms with Crippen LogP contribution >= 0.6 is 11.6 Å². The van der Waals surface area contributed by atoms with Gasteiger partial charge in [0.2, 0.25) is 0 Å². The molecule has 3 aromatic rings. The topological polar surface area (TPSA) is 36.1 Å². The number of aryl methyl sites for hydroxylation is 1. The Labute approximate surface area is 177 Å². The van der Waals surface area contributed by atoms with Gasteiger partial charge in [0.1, 0.15) is 0 Å². The first-order valence-electron chi connectivity index (χ1n) is 10.4. The second kappa shape index (κ2) is 8.98. The molecule has 0 unspecified atom stereocenters. The van der Waals surface area contributed by atoms with E-state index in [0.29, 0.717) is 5.02 Å². The molecule has 1 aliphatic heterocycles. The third-order valence-electron chi connectivity index (χ3n) is 5.97. The summed E-state index contributed by atoms with van der Waals surface area (Å²) < 4.78 is 0. The van der Waals surface area contributed by atoms with Crippen LogP contribution in [-0.2, 0) is 6.42 Å². The fraction of sp³-hybridized carbons (Fsp3) is 0.320. The molecule has 1 fully saturated rings. The first-order chi connectivity index (χ1) is 14.1. The van der Waals surface area contributed by atoms with E-state index in [2.05, 4.69) is 47.1 Å². The number of H-pyrrole nitrogens is 1. The van der Waals surface area contributed by atoms with Crippen LogP contribution in [0.25, 0.3) is 11.3 Å². The van der Waals surface area contributed by atoms with Gasteiger partial charge in [-0.25, -0.2) is 0 Å². The Morgan fingerprint density at radius 2 is 1.83 bits per heavy atom. The van der Waals surface area contributed by atoms with Crippen molar-refractivity contribution in [1.29, 1.82) is 0 Å². The molecule has 0 radical (unpaired) electrons. The van der Waals surface area contributed by atoms with Gasteiger partial charge in [-0.1, -0.05) is 54.1 Å². The molecule has 0 atom stereocenters. The van der Waals surface area contributed by atoms with Gasteiger partial charge in [-0.15, -0.1) is 0 Å². The van der Waals surface area contributed by atoms with Crippen LogP contribution in [0.4, 0.5) is 0 Å². The van der Waals surface area contributed by atoms with Gasteiger partial charge < -0.3 is 9.88 Å². The maximum Gasteiger partial charge on any atom is 0.166 e. The molecule has 0 amide bonds. The number of carbonyl (C=O) groups is 1. The highest BCUT2D eigenvalue weighted by Crippen LogP contribution is 2.25. The molecule has 2 heterocycles. The van der Waals surface area contributed by atoms with Gasteiger partial charge in [-0.3, -0.25) is 4.79 Å². The lowest BCUT2D eigenvalue weighted by molar-refractivity contribution is 0.0841. The quantitative estimate of drug-likeness (QED) is 0.526. The van der Waals surface area contributed by atoms with Crippen molar-refractivity contribution >= 4 is 17.4 Å². The number of ketones is 1. The van der Waals surface area contributed by atoms with E-state index in [0.717, 1.165) is 44.5 Å². The number of aromatic nitrogens is 1. The summed E-state index contributed by atoms with van der Waals surface area (Å²) in [5, 5.41) is 0.630. The fourth-order valence-electron chi connectivity index (χ4n) is 4.21. The number of halogens is 1. The van der Waals surface area contributed by atoms with E-state index in [1.54, 1.807) is 6.07 Å². The molecule has 3 nitrogen and oxygen atoms in total. The lowest BCUT2D eigenvalue weighted by atomic mass is 9.89. The van der Waals surface area contributed by atoms with Crippen LogP contribution in [0.1, 0.15) is 34.5 Å². The summed E-state index contributed by atoms with van der Waals surface area (Å²) in [6, 6.07) is 20.1. The third-order valence-corrected chi connectivity index (χ3v) is 6.21. The Morgan fingerprint density at radius 1 is 1.07 bits per heavy atom. The standard InChI is InChI=1S/C25H27ClN2O/c1-18-21(17-24(27-18)19-6-3-2-4-7-19)12-15-28-13-10-20(11-14-28)25(29)22-8-5-9-23(26)16-22/h2-9,16-17,20,27H,10-15H2,1H3. The molecule has 150 valence electrons. The van der Waals surface area contributed by atoms with Crippen LogP contribution in [0.3, 0.4) is 0 Å². The molecule has 1 aliphatic rings. The maximum atomic E-state index is 12.7. The number of carbonyl (C=O) groups excluding carboxylic acids is 1. The van der Waals surface area contributed by atoms with Crippen LogP contribution in [0.15, 0.2) is 60.7 Å². The fourth-order valence-corrected chi connectivity index (χ4v) is 4.40. The SMILES string of the molecule is Cc1[nH]c(-c2ccccc2)cc1CCN1CCC(C(=O)c2cccc(Cl)c2)CC1. The number of aromatic amines is 1. The Hall–Kier alpha value is -2.36. The zero-order chi connectivity index (χ0) is 20.2. The molecule has 1 aromatic heterocycles. The predicted molar refractivity (Wildman–Crippen MR) is 120 cm³/mol. The summed E-state index contributed by atoms with van der Waals surface area (Å²) in [4.78, 5) is 18.7. The molecule has 1 N–H and O–H groups in total. The number of nitrogens with zero attached hydrogens (tertiary/aromatic N) is 1. The number of piperidine rings is 1. The molecular formula is C25H27ClN2O. The molecule has 1 saturated heterocycles. The monoisotopic (exact) mass is 406 g/mol. The number of rotatable bonds is 6. The van der Waals surface area contributed by atoms with E-state index < -0.39 is 0 Å². The third kappa shape index (κ3) is 4.80. The Kier molecular flexibility index (Phi) is 6.17. The summed E-state index contributed by atoms with van der Waals surface area (Å²) in [7, 11) is 0. The lowest BCUT2D eigenvalue weighted by Crippen LogP contribution is -2.37. The normalized spacial score (nSPS) is 15.5. The largest absolute Gasteiger partial charge is 0.358 e. The molecule has 0 bridgehead atoms. The highest BCUT2D eigenvalue weighted by atomic mass is 35.5. The first-order valence-corrected chi connectivity index (χ1v) is 10.7. The molecule has 0 spiro atoms. The highest BCUT2D eigenvalue weighted by molar-refractivity contribution is 6.31. The summed E-state index contributed by atoms with van der Waals surface area (Å²) in [5.41, 5.74) is 5.77. The van der Waals surface area contributed by atoms with Crippen molar-refractivity contribution in [1.82, 2.24) is 9.88 Å². The van der Waals surface area contributed by atoms with Gasteiger partial charge in [0.15, 0.2) is 5.78 Å². The number of likely N-dealkylation sites (tertiary alicyclic amines) is 1. The molecule has 0 saturated carbocycles. The second-order valence-electron chi connectivity index (χ2n) is 7.94. The Bertz CT molecular complexity index is 971. The van der Waals surface area contributed by atoms with Crippen molar-refractivity contribution in [2.45, 2.75) is 26.2 Å². The van der Waals surface area contributed by atoms with Crippen LogP contribution in [0.2, 0.25) is 5.02 Å². The minimum Gasteiger partial charge on any atom is -0.358 e. The van der Waals surface area contributed by atoms with E-state index >= 15 is 0 Å². The van der Waals surface area contributed by atoms with Crippen molar-refractivity contribution in [3.8, 4) is 11.3 Å². The minimum absolute atomic E-state index is 0.114. The van der Waals surface area contributed by atoms with Crippen LogP contribution in [0, 0.1) is 12.8 Å². The van der Waals surface area contributed by atoms with Crippen molar-refractivity contribution in [3.05, 3.63) is 82.5 Å². The van der Waals surface area contributed by atoms with E-state index in [9.17, 15) is 4.79 Å². The van der Waals surface area contributed by atoms with Crippen molar-refractivity contribution in [2.24, 2.45) is 5.92 Å². The molecule has 2 aromatic carbocycles. The van der Waals surface area contributed by atoms with E-state index in [1.165, 1.54) is 22.5 Å². The van der Waals surface area contributed by atoms with Crippen molar-refractivity contribution in [3.63, 3.8) is 0 Å². The van der Waals surface area contributed by atoms with E-state index in [4.69, 9.17) is 11.6 Å². The first kappa shape index (κ1) is 19.9. The zero-order valence-corrected chi connectivity index (χ0v) is 17.6. The Morgan fingerprint density at radius 3 is 2.55 bits per heavy atom. The number of benzene rings is 2. The summed E-state index contributed by atoms with van der Waals surface area (Å²) >= 11 is 6.04. The van der Waals surface area contributed by atoms with Gasteiger partial charge >= 0.3 is 0 Å². The van der Waals surface area contributed by atoms with Gasteiger partial charge in [0.25, 0.3) is 0 Å². The van der Waals surface area contributed by atoms with Crippen molar-refractivity contribution < 1.29 is 4.79 Å². The van der Waals surface area contributed by atoms with E-state index in [-0.39, 0.29) is 11.7 Å². The molecule has 4 rings (SSSR count). The van der Waals surface area contributed by atoms with Gasteiger partial charge in [-0.2, -0.15) is 0 Å². The smallest absolute Gasteiger partial charge is 0.166 e.